The summed E-state index contributed by atoms with van der Waals surface area (Å²) >= 11 is 0. The molecule has 2 heteroatoms. The molecule has 0 unspecified atom stereocenters. The fourth-order valence-electron chi connectivity index (χ4n) is 11.5. The fraction of sp³-hybridized carbons (Fsp3) is 0. The molecule has 0 aliphatic heterocycles. The predicted octanol–water partition coefficient (Wildman–Crippen LogP) is 20.0. The lowest BCUT2D eigenvalue weighted by atomic mass is 9.87. The van der Waals surface area contributed by atoms with Gasteiger partial charge in [-0.3, -0.25) is 0 Å². The Kier molecular flexibility index (Phi) is 9.89. The lowest BCUT2D eigenvalue weighted by Gasteiger charge is -2.28. The van der Waals surface area contributed by atoms with Gasteiger partial charge in [0.05, 0.1) is 11.4 Å². The summed E-state index contributed by atoms with van der Waals surface area (Å²) in [7, 11) is 0. The summed E-state index contributed by atoms with van der Waals surface area (Å²) in [6, 6.07) is 102. The Morgan fingerprint density at radius 2 is 0.458 bits per heavy atom. The average molecular weight is 915 g/mol. The van der Waals surface area contributed by atoms with E-state index in [2.05, 4.69) is 289 Å². The van der Waals surface area contributed by atoms with E-state index in [-0.39, 0.29) is 0 Å². The minimum absolute atomic E-state index is 1.11. The Morgan fingerprint density at radius 3 is 0.833 bits per heavy atom. The van der Waals surface area contributed by atoms with E-state index in [0.29, 0.717) is 0 Å². The predicted molar refractivity (Wildman–Crippen MR) is 309 cm³/mol. The summed E-state index contributed by atoms with van der Waals surface area (Å²) in [4.78, 5) is 4.81. The first kappa shape index (κ1) is 41.5. The molecule has 0 aromatic heterocycles. The van der Waals surface area contributed by atoms with Crippen molar-refractivity contribution in [3.63, 3.8) is 0 Å². The molecule has 14 aromatic carbocycles. The zero-order valence-corrected chi connectivity index (χ0v) is 39.5. The van der Waals surface area contributed by atoms with E-state index in [1.807, 2.05) is 0 Å². The summed E-state index contributed by atoms with van der Waals surface area (Å²) in [5, 5.41) is 17.3. The molecule has 336 valence electrons. The molecule has 0 aliphatic rings. The van der Waals surface area contributed by atoms with Crippen molar-refractivity contribution in [2.45, 2.75) is 0 Å². The zero-order valence-electron chi connectivity index (χ0n) is 39.5. The molecule has 72 heavy (non-hydrogen) atoms. The van der Waals surface area contributed by atoms with Crippen LogP contribution in [0.3, 0.4) is 0 Å². The highest BCUT2D eigenvalue weighted by molar-refractivity contribution is 6.24. The van der Waals surface area contributed by atoms with Crippen molar-refractivity contribution in [1.29, 1.82) is 0 Å². The molecule has 0 spiro atoms. The van der Waals surface area contributed by atoms with Gasteiger partial charge >= 0.3 is 0 Å². The van der Waals surface area contributed by atoms with Gasteiger partial charge in [-0.05, 0) is 160 Å². The maximum absolute atomic E-state index is 2.43. The van der Waals surface area contributed by atoms with Crippen LogP contribution in [0.5, 0.6) is 0 Å². The van der Waals surface area contributed by atoms with Gasteiger partial charge in [-0.1, -0.05) is 206 Å². The Morgan fingerprint density at radius 1 is 0.181 bits per heavy atom. The van der Waals surface area contributed by atoms with Crippen molar-refractivity contribution < 1.29 is 0 Å². The van der Waals surface area contributed by atoms with E-state index >= 15 is 0 Å². The molecule has 14 rings (SSSR count). The molecule has 0 saturated carbocycles. The van der Waals surface area contributed by atoms with E-state index in [4.69, 9.17) is 0 Å². The Bertz CT molecular complexity index is 4090. The quantitative estimate of drug-likeness (QED) is 0.140. The second-order valence-electron chi connectivity index (χ2n) is 18.8. The summed E-state index contributed by atoms with van der Waals surface area (Å²) < 4.78 is 0. The van der Waals surface area contributed by atoms with Crippen LogP contribution in [-0.2, 0) is 0 Å². The fourth-order valence-corrected chi connectivity index (χ4v) is 11.5. The molecule has 0 bridgehead atoms. The molecule has 0 saturated heterocycles. The summed E-state index contributed by atoms with van der Waals surface area (Å²) in [5.41, 5.74) is 11.6. The Hall–Kier alpha value is -9.50. The van der Waals surface area contributed by atoms with Gasteiger partial charge in [0.2, 0.25) is 0 Å². The number of benzene rings is 14. The van der Waals surface area contributed by atoms with Crippen LogP contribution in [0.15, 0.2) is 279 Å². The van der Waals surface area contributed by atoms with Gasteiger partial charge in [-0.25, -0.2) is 0 Å². The highest BCUT2D eigenvalue weighted by Gasteiger charge is 2.21. The third-order valence-electron chi connectivity index (χ3n) is 14.8. The monoisotopic (exact) mass is 914 g/mol. The smallest absolute Gasteiger partial charge is 0.0546 e. The Labute approximate surface area is 418 Å². The number of fused-ring (bicyclic) bond motifs is 11. The van der Waals surface area contributed by atoms with Crippen molar-refractivity contribution in [3.05, 3.63) is 279 Å². The van der Waals surface area contributed by atoms with Crippen LogP contribution in [0, 0.1) is 0 Å². The summed E-state index contributed by atoms with van der Waals surface area (Å²) in [6.45, 7) is 0. The number of hydrogen-bond donors (Lipinski definition) is 0. The van der Waals surface area contributed by atoms with Gasteiger partial charge in [0.25, 0.3) is 0 Å². The van der Waals surface area contributed by atoms with Gasteiger partial charge < -0.3 is 9.80 Å². The van der Waals surface area contributed by atoms with Gasteiger partial charge in [0.1, 0.15) is 0 Å². The molecule has 0 N–H and O–H groups in total. The maximum Gasteiger partial charge on any atom is 0.0546 e. The molecule has 0 aliphatic carbocycles. The third kappa shape index (κ3) is 6.88. The van der Waals surface area contributed by atoms with E-state index in [0.717, 1.165) is 34.1 Å². The minimum Gasteiger partial charge on any atom is -0.310 e. The normalized spacial score (nSPS) is 11.6. The molecular weight excluding hydrogens is 869 g/mol. The van der Waals surface area contributed by atoms with Crippen LogP contribution in [0.4, 0.5) is 34.1 Å². The van der Waals surface area contributed by atoms with E-state index < -0.39 is 0 Å². The minimum atomic E-state index is 1.11. The number of para-hydroxylation sites is 2. The first-order valence-corrected chi connectivity index (χ1v) is 24.8. The van der Waals surface area contributed by atoms with Crippen LogP contribution < -0.4 is 9.80 Å². The number of rotatable bonds is 8. The molecule has 0 atom stereocenters. The molecule has 2 nitrogen and oxygen atoms in total. The Balaban J connectivity index is 0.890. The maximum atomic E-state index is 2.43. The molecule has 0 heterocycles. The topological polar surface area (TPSA) is 6.48 Å². The molecule has 14 aromatic rings. The second kappa shape index (κ2) is 17.2. The molecule has 0 fully saturated rings. The van der Waals surface area contributed by atoms with Gasteiger partial charge in [-0.15, -0.1) is 0 Å². The SMILES string of the molecule is c1ccc(N(c2ccc(-c3cc4c5ccccc5c(-c5ccc(N(c6ccccc6)c6cc7ccccc7c7ccccc67)cc5)cc4c4ccccc34)cc2)c2cc3ccccc3c3ccccc23)cc1. The second-order valence-corrected chi connectivity index (χ2v) is 18.8. The van der Waals surface area contributed by atoms with Crippen LogP contribution >= 0.6 is 0 Å². The lowest BCUT2D eigenvalue weighted by Crippen LogP contribution is -2.10. The first-order chi connectivity index (χ1) is 35.7. The van der Waals surface area contributed by atoms with Gasteiger partial charge in [0.15, 0.2) is 0 Å². The zero-order chi connectivity index (χ0) is 47.5. The third-order valence-corrected chi connectivity index (χ3v) is 14.8. The largest absolute Gasteiger partial charge is 0.310 e. The van der Waals surface area contributed by atoms with Crippen molar-refractivity contribution in [1.82, 2.24) is 0 Å². The van der Waals surface area contributed by atoms with Gasteiger partial charge in [0, 0.05) is 33.5 Å². The number of nitrogens with zero attached hydrogens (tertiary/aromatic N) is 2. The van der Waals surface area contributed by atoms with Crippen LogP contribution in [0.1, 0.15) is 0 Å². The average Bonchev–Trinajstić information content (AvgIpc) is 3.46. The highest BCUT2D eigenvalue weighted by Crippen LogP contribution is 2.47. The number of hydrogen-bond acceptors (Lipinski definition) is 2. The standard InChI is InChI=1S/C70H46N2/c1-3-21-51(22-4-1)71(69-43-49-19-7-9-25-55(49)57-27-15-17-33-63(57)69)53-39-35-47(36-40-53)65-45-67-62-32-14-12-30-60(62)66(46-68(67)61-31-13-11-29-59(61)65)48-37-41-54(42-38-48)72(52-23-5-2-6-24-52)70-44-50-20-8-10-26-56(50)58-28-16-18-34-64(58)70/h1-46H. The summed E-state index contributed by atoms with van der Waals surface area (Å²) in [5.74, 6) is 0. The van der Waals surface area contributed by atoms with Gasteiger partial charge in [-0.2, -0.15) is 0 Å². The van der Waals surface area contributed by atoms with Crippen molar-refractivity contribution in [2.75, 3.05) is 9.80 Å². The van der Waals surface area contributed by atoms with Crippen LogP contribution in [-0.4, -0.2) is 0 Å². The van der Waals surface area contributed by atoms with Crippen molar-refractivity contribution >= 4 is 110 Å². The molecule has 0 amide bonds. The highest BCUT2D eigenvalue weighted by atomic mass is 15.1. The van der Waals surface area contributed by atoms with Crippen molar-refractivity contribution in [3.8, 4) is 22.3 Å². The number of anilines is 6. The van der Waals surface area contributed by atoms with Crippen LogP contribution in [0.2, 0.25) is 0 Å². The van der Waals surface area contributed by atoms with Crippen LogP contribution in [0.25, 0.3) is 97.7 Å². The first-order valence-electron chi connectivity index (χ1n) is 24.8. The summed E-state index contributed by atoms with van der Waals surface area (Å²) in [6.07, 6.45) is 0. The van der Waals surface area contributed by atoms with E-state index in [1.54, 1.807) is 0 Å². The molecule has 0 radical (unpaired) electrons. The van der Waals surface area contributed by atoms with E-state index in [1.165, 1.54) is 97.7 Å². The lowest BCUT2D eigenvalue weighted by molar-refractivity contribution is 1.30. The van der Waals surface area contributed by atoms with E-state index in [9.17, 15) is 0 Å². The molecular formula is C70H46N2. The van der Waals surface area contributed by atoms with Crippen molar-refractivity contribution in [2.24, 2.45) is 0 Å².